The summed E-state index contributed by atoms with van der Waals surface area (Å²) in [5, 5.41) is 12.5. The number of hydrogen-bond acceptors (Lipinski definition) is 7. The third kappa shape index (κ3) is 6.06. The number of ether oxygens (including phenoxy) is 2. The van der Waals surface area contributed by atoms with Crippen LogP contribution in [0, 0.1) is 17.2 Å². The maximum atomic E-state index is 13.6. The molecule has 1 N–H and O–H groups in total. The molecule has 41 heavy (non-hydrogen) atoms. The fourth-order valence-electron chi connectivity index (χ4n) is 4.76. The van der Waals surface area contributed by atoms with Crippen molar-refractivity contribution in [1.82, 2.24) is 14.5 Å². The molecule has 0 spiro atoms. The molecule has 1 fully saturated rings. The zero-order valence-corrected chi connectivity index (χ0v) is 23.0. The molecule has 1 amide bonds. The van der Waals surface area contributed by atoms with Crippen LogP contribution in [0.4, 0.5) is 20.4 Å². The van der Waals surface area contributed by atoms with Gasteiger partial charge in [0, 0.05) is 43.6 Å². The van der Waals surface area contributed by atoms with Crippen LogP contribution in [0.3, 0.4) is 0 Å². The Morgan fingerprint density at radius 2 is 1.93 bits per heavy atom. The van der Waals surface area contributed by atoms with Crippen LogP contribution in [-0.2, 0) is 31.4 Å². The van der Waals surface area contributed by atoms with E-state index in [1.54, 1.807) is 43.6 Å². The van der Waals surface area contributed by atoms with Crippen molar-refractivity contribution in [3.05, 3.63) is 71.0 Å². The molecule has 0 bridgehead atoms. The monoisotopic (exact) mass is 560 g/mol. The Morgan fingerprint density at radius 1 is 1.15 bits per heavy atom. The van der Waals surface area contributed by atoms with Gasteiger partial charge in [-0.2, -0.15) is 5.26 Å². The lowest BCUT2D eigenvalue weighted by Gasteiger charge is -2.24. The number of benzene rings is 2. The molecule has 0 atom stereocenters. The van der Waals surface area contributed by atoms with Crippen molar-refractivity contribution < 1.29 is 23.0 Å². The molecule has 2 heterocycles. The Balaban J connectivity index is 1.53. The van der Waals surface area contributed by atoms with E-state index in [2.05, 4.69) is 10.3 Å². The van der Waals surface area contributed by atoms with Gasteiger partial charge in [-0.25, -0.2) is 18.7 Å². The third-order valence-corrected chi connectivity index (χ3v) is 7.13. The number of imidazole rings is 1. The molecule has 0 radical (unpaired) electrons. The van der Waals surface area contributed by atoms with Gasteiger partial charge in [-0.15, -0.1) is 0 Å². The van der Waals surface area contributed by atoms with Gasteiger partial charge in [-0.1, -0.05) is 6.07 Å². The number of carbonyl (C=O) groups is 1. The van der Waals surface area contributed by atoms with Crippen molar-refractivity contribution in [2.24, 2.45) is 13.0 Å². The van der Waals surface area contributed by atoms with Crippen LogP contribution in [-0.4, -0.2) is 41.1 Å². The van der Waals surface area contributed by atoms with Gasteiger partial charge in [0.1, 0.15) is 22.8 Å². The minimum absolute atomic E-state index is 0.0502. The van der Waals surface area contributed by atoms with E-state index >= 15 is 0 Å². The summed E-state index contributed by atoms with van der Waals surface area (Å²) < 4.78 is 39.3. The smallest absolute Gasteiger partial charge is 0.242 e. The average molecular weight is 561 g/mol. The van der Waals surface area contributed by atoms with Crippen LogP contribution in [0.25, 0.3) is 11.0 Å². The predicted octanol–water partition coefficient (Wildman–Crippen LogP) is 5.22. The van der Waals surface area contributed by atoms with Gasteiger partial charge in [0.2, 0.25) is 12.3 Å². The highest BCUT2D eigenvalue weighted by atomic mass is 19.3. The molecule has 9 nitrogen and oxygen atoms in total. The number of nitrogens with zero attached hydrogens (tertiary/aromatic N) is 5. The molecule has 0 aliphatic heterocycles. The molecule has 1 aliphatic rings. The van der Waals surface area contributed by atoms with Gasteiger partial charge in [-0.05, 0) is 48.2 Å². The molecule has 212 valence electrons. The topological polar surface area (TPSA) is 105 Å². The number of nitrogens with one attached hydrogen (secondary N) is 1. The minimum Gasteiger partial charge on any atom is -0.497 e. The largest absolute Gasteiger partial charge is 0.497 e. The Hall–Kier alpha value is -4.72. The fourth-order valence-corrected chi connectivity index (χ4v) is 4.76. The van der Waals surface area contributed by atoms with Crippen molar-refractivity contribution >= 4 is 28.6 Å². The molecular formula is C30H30F2N6O3. The highest BCUT2D eigenvalue weighted by Gasteiger charge is 2.36. The quantitative estimate of drug-likeness (QED) is 0.268. The summed E-state index contributed by atoms with van der Waals surface area (Å²) >= 11 is 0. The summed E-state index contributed by atoms with van der Waals surface area (Å²) in [5.41, 5.74) is 3.44. The van der Waals surface area contributed by atoms with Crippen molar-refractivity contribution in [1.29, 1.82) is 5.26 Å². The van der Waals surface area contributed by atoms with Gasteiger partial charge in [0.25, 0.3) is 0 Å². The number of nitriles is 1. The number of amides is 1. The maximum Gasteiger partial charge on any atom is 0.242 e. The Morgan fingerprint density at radius 3 is 2.61 bits per heavy atom. The van der Waals surface area contributed by atoms with E-state index in [-0.39, 0.29) is 24.9 Å². The van der Waals surface area contributed by atoms with Crippen LogP contribution in [0.15, 0.2) is 48.8 Å². The number of pyridine rings is 1. The summed E-state index contributed by atoms with van der Waals surface area (Å²) in [4.78, 5) is 24.7. The number of alkyl halides is 2. The molecule has 11 heteroatoms. The molecule has 2 aromatic carbocycles. The first-order valence-corrected chi connectivity index (χ1v) is 13.2. The fraction of sp³-hybridized carbons (Fsp3) is 0.333. The maximum absolute atomic E-state index is 13.6. The lowest BCUT2D eigenvalue weighted by Crippen LogP contribution is -2.33. The van der Waals surface area contributed by atoms with Crippen molar-refractivity contribution in [2.45, 2.75) is 38.8 Å². The Bertz CT molecular complexity index is 1630. The van der Waals surface area contributed by atoms with Crippen LogP contribution in [0.2, 0.25) is 0 Å². The van der Waals surface area contributed by atoms with Gasteiger partial charge in [0.15, 0.2) is 5.82 Å². The number of hydrogen-bond donors (Lipinski definition) is 1. The number of methoxy groups -OCH3 is 2. The van der Waals surface area contributed by atoms with Gasteiger partial charge in [0.05, 0.1) is 44.2 Å². The highest BCUT2D eigenvalue weighted by molar-refractivity contribution is 6.02. The molecule has 5 rings (SSSR count). The number of rotatable bonds is 11. The summed E-state index contributed by atoms with van der Waals surface area (Å²) in [7, 11) is 4.99. The molecule has 1 saturated carbocycles. The van der Waals surface area contributed by atoms with E-state index in [9.17, 15) is 18.8 Å². The van der Waals surface area contributed by atoms with Crippen LogP contribution >= 0.6 is 0 Å². The normalized spacial score (nSPS) is 12.8. The van der Waals surface area contributed by atoms with E-state index in [4.69, 9.17) is 14.5 Å². The lowest BCUT2D eigenvalue weighted by atomic mass is 10.0. The first-order chi connectivity index (χ1) is 19.8. The SMILES string of the molecule is COc1ccc(CN(C(=O)C2CC2)c2nc(NCc3ccc(C#N)cc3CC(F)F)cc3c2ncn3C)c(OC)c1. The second-order valence-electron chi connectivity index (χ2n) is 9.97. The van der Waals surface area contributed by atoms with E-state index in [0.29, 0.717) is 45.3 Å². The van der Waals surface area contributed by atoms with Crippen LogP contribution < -0.4 is 19.7 Å². The Labute approximate surface area is 236 Å². The molecular weight excluding hydrogens is 530 g/mol. The summed E-state index contributed by atoms with van der Waals surface area (Å²) in [5.74, 6) is 1.93. The van der Waals surface area contributed by atoms with Crippen LogP contribution in [0.5, 0.6) is 11.5 Å². The molecule has 4 aromatic rings. The second kappa shape index (κ2) is 11.8. The number of halogens is 2. The van der Waals surface area contributed by atoms with E-state index in [1.807, 2.05) is 35.9 Å². The standard InChI is InChI=1S/C30H30F2N6O3/c1-37-17-35-28-24(37)13-27(34-15-20-5-4-18(14-33)10-22(20)11-26(31)32)36-29(28)38(30(39)19-6-7-19)16-21-8-9-23(40-2)12-25(21)41-3/h4-5,8-10,12-13,17,19,26H,6-7,11,15-16H2,1-3H3,(H,34,36). The minimum atomic E-state index is -2.55. The van der Waals surface area contributed by atoms with E-state index < -0.39 is 12.8 Å². The van der Waals surface area contributed by atoms with Crippen molar-refractivity contribution in [3.8, 4) is 17.6 Å². The number of aromatic nitrogens is 3. The first-order valence-electron chi connectivity index (χ1n) is 13.2. The van der Waals surface area contributed by atoms with E-state index in [0.717, 1.165) is 23.9 Å². The zero-order chi connectivity index (χ0) is 29.1. The summed E-state index contributed by atoms with van der Waals surface area (Å²) in [6.45, 7) is 0.408. The molecule has 0 unspecified atom stereocenters. The predicted molar refractivity (Wildman–Crippen MR) is 150 cm³/mol. The molecule has 1 aliphatic carbocycles. The van der Waals surface area contributed by atoms with Crippen LogP contribution in [0.1, 0.15) is 35.1 Å². The first kappa shape index (κ1) is 27.8. The number of anilines is 2. The lowest BCUT2D eigenvalue weighted by molar-refractivity contribution is -0.119. The third-order valence-electron chi connectivity index (χ3n) is 7.13. The van der Waals surface area contributed by atoms with Crippen molar-refractivity contribution in [2.75, 3.05) is 24.4 Å². The van der Waals surface area contributed by atoms with Gasteiger partial charge >= 0.3 is 0 Å². The zero-order valence-electron chi connectivity index (χ0n) is 23.0. The number of carbonyl (C=O) groups excluding carboxylic acids is 1. The highest BCUT2D eigenvalue weighted by Crippen LogP contribution is 2.37. The van der Waals surface area contributed by atoms with Crippen molar-refractivity contribution in [3.63, 3.8) is 0 Å². The second-order valence-corrected chi connectivity index (χ2v) is 9.97. The molecule has 0 saturated heterocycles. The average Bonchev–Trinajstić information content (AvgIpc) is 3.77. The van der Waals surface area contributed by atoms with E-state index in [1.165, 1.54) is 6.07 Å². The summed E-state index contributed by atoms with van der Waals surface area (Å²) in [6, 6.07) is 14.0. The molecule has 2 aromatic heterocycles. The number of fused-ring (bicyclic) bond motifs is 1. The van der Waals surface area contributed by atoms with Gasteiger partial charge < -0.3 is 19.4 Å². The van der Waals surface area contributed by atoms with Gasteiger partial charge in [-0.3, -0.25) is 9.69 Å². The summed E-state index contributed by atoms with van der Waals surface area (Å²) in [6.07, 6.45) is 0.275. The number of aryl methyl sites for hydroxylation is 1. The Kier molecular flexibility index (Phi) is 8.01.